The third kappa shape index (κ3) is 2.49. The minimum Gasteiger partial charge on any atom is -0.207 e. The van der Waals surface area contributed by atoms with Crippen molar-refractivity contribution in [1.82, 2.24) is 0 Å². The van der Waals surface area contributed by atoms with Crippen molar-refractivity contribution in [3.05, 3.63) is 29.3 Å². The second kappa shape index (κ2) is 3.91. The molecule has 1 rings (SSSR count). The molecule has 0 unspecified atom stereocenters. The second-order valence-electron chi connectivity index (χ2n) is 3.62. The topological polar surface area (TPSA) is 34.1 Å². The van der Waals surface area contributed by atoms with E-state index < -0.39 is 9.05 Å². The van der Waals surface area contributed by atoms with E-state index in [1.165, 1.54) is 0 Å². The van der Waals surface area contributed by atoms with Gasteiger partial charge >= 0.3 is 0 Å². The van der Waals surface area contributed by atoms with Crippen LogP contribution < -0.4 is 0 Å². The van der Waals surface area contributed by atoms with Crippen molar-refractivity contribution in [2.45, 2.75) is 31.6 Å². The molecule has 4 heteroatoms. The molecule has 0 spiro atoms. The highest BCUT2D eigenvalue weighted by Crippen LogP contribution is 2.24. The molecule has 0 saturated carbocycles. The summed E-state index contributed by atoms with van der Waals surface area (Å²) in [6.45, 7) is 5.75. The van der Waals surface area contributed by atoms with Crippen LogP contribution in [0.3, 0.4) is 0 Å². The van der Waals surface area contributed by atoms with Crippen LogP contribution in [0.25, 0.3) is 0 Å². The van der Waals surface area contributed by atoms with Gasteiger partial charge in [-0.15, -0.1) is 0 Å². The van der Waals surface area contributed by atoms with Gasteiger partial charge in [0.2, 0.25) is 0 Å². The second-order valence-corrected chi connectivity index (χ2v) is 6.15. The summed E-state index contributed by atoms with van der Waals surface area (Å²) in [6, 6.07) is 5.35. The molecule has 78 valence electrons. The summed E-state index contributed by atoms with van der Waals surface area (Å²) in [5.41, 5.74) is 1.67. The summed E-state index contributed by atoms with van der Waals surface area (Å²) >= 11 is 0. The predicted octanol–water partition coefficient (Wildman–Crippen LogP) is 3.05. The molecular formula is C10H13ClO2S. The van der Waals surface area contributed by atoms with Crippen LogP contribution in [0.5, 0.6) is 0 Å². The van der Waals surface area contributed by atoms with E-state index in [1.54, 1.807) is 19.1 Å². The molecule has 0 saturated heterocycles. The van der Waals surface area contributed by atoms with Gasteiger partial charge in [-0.05, 0) is 30.0 Å². The van der Waals surface area contributed by atoms with Crippen molar-refractivity contribution in [1.29, 1.82) is 0 Å². The van der Waals surface area contributed by atoms with Crippen LogP contribution in [0.1, 0.15) is 30.9 Å². The van der Waals surface area contributed by atoms with E-state index in [1.807, 2.05) is 19.9 Å². The van der Waals surface area contributed by atoms with Gasteiger partial charge in [0.1, 0.15) is 0 Å². The van der Waals surface area contributed by atoms with Crippen molar-refractivity contribution in [2.24, 2.45) is 0 Å². The van der Waals surface area contributed by atoms with Gasteiger partial charge in [0.25, 0.3) is 9.05 Å². The van der Waals surface area contributed by atoms with E-state index in [2.05, 4.69) is 0 Å². The molecule has 0 atom stereocenters. The van der Waals surface area contributed by atoms with Gasteiger partial charge in [0, 0.05) is 10.7 Å². The molecule has 1 aromatic rings. The minimum absolute atomic E-state index is 0.213. The number of rotatable bonds is 2. The minimum atomic E-state index is -3.62. The van der Waals surface area contributed by atoms with Crippen molar-refractivity contribution in [3.8, 4) is 0 Å². The van der Waals surface area contributed by atoms with Crippen molar-refractivity contribution >= 4 is 19.7 Å². The van der Waals surface area contributed by atoms with Gasteiger partial charge in [-0.2, -0.15) is 0 Å². The molecule has 0 aromatic heterocycles. The fourth-order valence-corrected chi connectivity index (χ4v) is 2.47. The largest absolute Gasteiger partial charge is 0.261 e. The average Bonchev–Trinajstić information content (AvgIpc) is 2.02. The summed E-state index contributed by atoms with van der Waals surface area (Å²) < 4.78 is 22.4. The van der Waals surface area contributed by atoms with E-state index in [4.69, 9.17) is 10.7 Å². The van der Waals surface area contributed by atoms with Crippen molar-refractivity contribution in [2.75, 3.05) is 0 Å². The molecule has 2 nitrogen and oxygen atoms in total. The summed E-state index contributed by atoms with van der Waals surface area (Å²) in [5, 5.41) is 0. The fourth-order valence-electron chi connectivity index (χ4n) is 1.24. The van der Waals surface area contributed by atoms with Crippen LogP contribution in [0.4, 0.5) is 0 Å². The Balaban J connectivity index is 3.37. The summed E-state index contributed by atoms with van der Waals surface area (Å²) in [6.07, 6.45) is 0. The zero-order valence-corrected chi connectivity index (χ0v) is 9.98. The molecule has 0 aliphatic rings. The molecule has 0 N–H and O–H groups in total. The van der Waals surface area contributed by atoms with E-state index in [9.17, 15) is 8.42 Å². The van der Waals surface area contributed by atoms with Crippen LogP contribution in [0, 0.1) is 6.92 Å². The highest BCUT2D eigenvalue weighted by Gasteiger charge is 2.14. The van der Waals surface area contributed by atoms with Crippen LogP contribution in [0.2, 0.25) is 0 Å². The quantitative estimate of drug-likeness (QED) is 0.735. The van der Waals surface area contributed by atoms with Crippen LogP contribution in [0.15, 0.2) is 23.1 Å². The standard InChI is InChI=1S/C10H13ClO2S/c1-7(2)9-5-4-8(3)10(6-9)14(11,12)13/h4-7H,1-3H3. The first-order chi connectivity index (χ1) is 6.32. The zero-order chi connectivity index (χ0) is 10.9. The Kier molecular flexibility index (Phi) is 3.22. The summed E-state index contributed by atoms with van der Waals surface area (Å²) in [7, 11) is 1.70. The molecular weight excluding hydrogens is 220 g/mol. The number of hydrogen-bond acceptors (Lipinski definition) is 2. The number of aryl methyl sites for hydroxylation is 1. The average molecular weight is 233 g/mol. The zero-order valence-electron chi connectivity index (χ0n) is 8.41. The third-order valence-corrected chi connectivity index (χ3v) is 3.61. The van der Waals surface area contributed by atoms with E-state index in [0.29, 0.717) is 11.5 Å². The first-order valence-electron chi connectivity index (χ1n) is 4.37. The lowest BCUT2D eigenvalue weighted by atomic mass is 10.0. The van der Waals surface area contributed by atoms with Gasteiger partial charge in [-0.1, -0.05) is 26.0 Å². The summed E-state index contributed by atoms with van der Waals surface area (Å²) in [5.74, 6) is 0.299. The van der Waals surface area contributed by atoms with E-state index >= 15 is 0 Å². The van der Waals surface area contributed by atoms with Crippen LogP contribution in [-0.2, 0) is 9.05 Å². The molecule has 0 bridgehead atoms. The highest BCUT2D eigenvalue weighted by atomic mass is 35.7. The summed E-state index contributed by atoms with van der Waals surface area (Å²) in [4.78, 5) is 0.213. The fraction of sp³-hybridized carbons (Fsp3) is 0.400. The molecule has 14 heavy (non-hydrogen) atoms. The molecule has 1 aromatic carbocycles. The highest BCUT2D eigenvalue weighted by molar-refractivity contribution is 8.13. The maximum Gasteiger partial charge on any atom is 0.261 e. The Hall–Kier alpha value is -0.540. The number of hydrogen-bond donors (Lipinski definition) is 0. The molecule has 0 fully saturated rings. The van der Waals surface area contributed by atoms with Crippen LogP contribution in [-0.4, -0.2) is 8.42 Å². The Morgan fingerprint density at radius 3 is 2.29 bits per heavy atom. The van der Waals surface area contributed by atoms with Crippen molar-refractivity contribution < 1.29 is 8.42 Å². The molecule has 0 aliphatic heterocycles. The molecule has 0 radical (unpaired) electrons. The monoisotopic (exact) mass is 232 g/mol. The third-order valence-electron chi connectivity index (χ3n) is 2.14. The Morgan fingerprint density at radius 1 is 1.29 bits per heavy atom. The SMILES string of the molecule is Cc1ccc(C(C)C)cc1S(=O)(=O)Cl. The number of halogens is 1. The maximum atomic E-state index is 11.2. The van der Waals surface area contributed by atoms with Crippen LogP contribution >= 0.6 is 10.7 Å². The normalized spacial score (nSPS) is 12.1. The lowest BCUT2D eigenvalue weighted by molar-refractivity contribution is 0.609. The van der Waals surface area contributed by atoms with E-state index in [0.717, 1.165) is 5.56 Å². The van der Waals surface area contributed by atoms with Gasteiger partial charge in [0.15, 0.2) is 0 Å². The van der Waals surface area contributed by atoms with Gasteiger partial charge in [-0.25, -0.2) is 8.42 Å². The lowest BCUT2D eigenvalue weighted by Gasteiger charge is -2.08. The number of benzene rings is 1. The maximum absolute atomic E-state index is 11.2. The van der Waals surface area contributed by atoms with Gasteiger partial charge in [0.05, 0.1) is 4.90 Å². The molecule has 0 amide bonds. The smallest absolute Gasteiger partial charge is 0.207 e. The van der Waals surface area contributed by atoms with Gasteiger partial charge < -0.3 is 0 Å². The van der Waals surface area contributed by atoms with Gasteiger partial charge in [-0.3, -0.25) is 0 Å². The Morgan fingerprint density at radius 2 is 1.86 bits per heavy atom. The molecule has 0 heterocycles. The van der Waals surface area contributed by atoms with Crippen molar-refractivity contribution in [3.63, 3.8) is 0 Å². The first-order valence-corrected chi connectivity index (χ1v) is 6.68. The lowest BCUT2D eigenvalue weighted by Crippen LogP contribution is -1.97. The predicted molar refractivity (Wildman–Crippen MR) is 58.3 cm³/mol. The Labute approximate surface area is 89.3 Å². The molecule has 0 aliphatic carbocycles. The first kappa shape index (κ1) is 11.5. The Bertz CT molecular complexity index is 435. The van der Waals surface area contributed by atoms with E-state index in [-0.39, 0.29) is 4.90 Å².